The molecule has 1 aliphatic rings. The van der Waals surface area contributed by atoms with E-state index in [0.29, 0.717) is 17.7 Å². The molecule has 1 aliphatic carbocycles. The molecule has 0 N–H and O–H groups in total. The van der Waals surface area contributed by atoms with Crippen molar-refractivity contribution in [3.63, 3.8) is 0 Å². The van der Waals surface area contributed by atoms with E-state index in [-0.39, 0.29) is 0 Å². The molecule has 1 rings (SSSR count). The van der Waals surface area contributed by atoms with E-state index in [2.05, 4.69) is 4.79 Å². The Morgan fingerprint density at radius 3 is 3.10 bits per heavy atom. The molecule has 48 valence electrons. The van der Waals surface area contributed by atoms with E-state index in [0.717, 1.165) is 0 Å². The first-order chi connectivity index (χ1) is 4.86. The zero-order chi connectivity index (χ0) is 7.40. The summed E-state index contributed by atoms with van der Waals surface area (Å²) in [4.78, 5) is 2.98. The van der Waals surface area contributed by atoms with E-state index >= 15 is 0 Å². The molecule has 0 fully saturated rings. The predicted molar refractivity (Wildman–Crippen MR) is 36.1 cm³/mol. The molecule has 0 aromatic rings. The Morgan fingerprint density at radius 2 is 2.50 bits per heavy atom. The van der Waals surface area contributed by atoms with Gasteiger partial charge in [-0.15, -0.1) is 0 Å². The first-order valence-electron chi connectivity index (χ1n) is 2.85. The molecule has 0 unspecified atom stereocenters. The smallest absolute Gasteiger partial charge is 0.297 e. The lowest BCUT2D eigenvalue weighted by Crippen LogP contribution is -1.99. The third kappa shape index (κ3) is 1.19. The topological polar surface area (TPSA) is 60.2 Å². The van der Waals surface area contributed by atoms with Crippen molar-refractivity contribution in [3.05, 3.63) is 29.3 Å². The van der Waals surface area contributed by atoms with Crippen LogP contribution in [0.25, 0.3) is 5.53 Å². The minimum absolute atomic E-state index is 0.434. The van der Waals surface area contributed by atoms with E-state index in [1.165, 1.54) is 0 Å². The Morgan fingerprint density at radius 1 is 1.70 bits per heavy atom. The van der Waals surface area contributed by atoms with Crippen molar-refractivity contribution in [1.29, 1.82) is 5.26 Å². The summed E-state index contributed by atoms with van der Waals surface area (Å²) in [6, 6.07) is 1.99. The van der Waals surface area contributed by atoms with E-state index in [9.17, 15) is 0 Å². The standard InChI is InChI=1S/C7H5N3/c8-5-6-2-1-3-7(4-6)10-9/h1-3H,4H2. The van der Waals surface area contributed by atoms with Crippen molar-refractivity contribution in [1.82, 2.24) is 0 Å². The van der Waals surface area contributed by atoms with E-state index in [4.69, 9.17) is 10.8 Å². The van der Waals surface area contributed by atoms with Crippen molar-refractivity contribution in [2.24, 2.45) is 0 Å². The zero-order valence-corrected chi connectivity index (χ0v) is 5.28. The second-order valence-corrected chi connectivity index (χ2v) is 1.93. The zero-order valence-electron chi connectivity index (χ0n) is 5.28. The number of nitrogens with zero attached hydrogens (tertiary/aromatic N) is 3. The summed E-state index contributed by atoms with van der Waals surface area (Å²) in [6.45, 7) is 0. The molecule has 0 aromatic carbocycles. The van der Waals surface area contributed by atoms with Crippen LogP contribution in [0.1, 0.15) is 6.42 Å². The van der Waals surface area contributed by atoms with Crippen LogP contribution in [-0.4, -0.2) is 10.5 Å². The number of rotatable bonds is 0. The number of hydrogen-bond donors (Lipinski definition) is 0. The van der Waals surface area contributed by atoms with Gasteiger partial charge in [-0.2, -0.15) is 10.1 Å². The van der Waals surface area contributed by atoms with Gasteiger partial charge in [-0.3, -0.25) is 0 Å². The van der Waals surface area contributed by atoms with Crippen molar-refractivity contribution < 1.29 is 4.79 Å². The molecule has 3 heteroatoms. The maximum Gasteiger partial charge on any atom is 0.297 e. The van der Waals surface area contributed by atoms with Gasteiger partial charge in [-0.1, -0.05) is 6.08 Å². The quantitative estimate of drug-likeness (QED) is 0.358. The highest BCUT2D eigenvalue weighted by Gasteiger charge is 2.09. The Hall–Kier alpha value is -1.65. The summed E-state index contributed by atoms with van der Waals surface area (Å²) in [5.41, 5.74) is 9.45. The van der Waals surface area contributed by atoms with Gasteiger partial charge in [0.2, 0.25) is 0 Å². The molecule has 0 aromatic heterocycles. The van der Waals surface area contributed by atoms with Gasteiger partial charge in [-0.05, 0) is 6.08 Å². The van der Waals surface area contributed by atoms with Crippen LogP contribution in [0.3, 0.4) is 0 Å². The van der Waals surface area contributed by atoms with Gasteiger partial charge in [0.25, 0.3) is 5.71 Å². The third-order valence-corrected chi connectivity index (χ3v) is 1.23. The van der Waals surface area contributed by atoms with Crippen LogP contribution in [0, 0.1) is 11.3 Å². The second-order valence-electron chi connectivity index (χ2n) is 1.93. The summed E-state index contributed by atoms with van der Waals surface area (Å²) < 4.78 is 0. The Labute approximate surface area is 58.5 Å². The van der Waals surface area contributed by atoms with Crippen LogP contribution in [0.2, 0.25) is 0 Å². The molecule has 0 radical (unpaired) electrons. The normalized spacial score (nSPS) is 15.5. The van der Waals surface area contributed by atoms with Crippen LogP contribution in [0.4, 0.5) is 0 Å². The maximum absolute atomic E-state index is 8.42. The maximum atomic E-state index is 8.42. The highest BCUT2D eigenvalue weighted by molar-refractivity contribution is 5.94. The largest absolute Gasteiger partial charge is 0.361 e. The molecular formula is C7H5N3. The fourth-order valence-electron chi connectivity index (χ4n) is 0.734. The predicted octanol–water partition coefficient (Wildman–Crippen LogP) is 1.07. The number of hydrogen-bond acceptors (Lipinski definition) is 1. The van der Waals surface area contributed by atoms with Gasteiger partial charge < -0.3 is 5.53 Å². The second kappa shape index (κ2) is 2.77. The number of nitriles is 1. The van der Waals surface area contributed by atoms with Gasteiger partial charge in [0.1, 0.15) is 0 Å². The minimum atomic E-state index is 0.434. The van der Waals surface area contributed by atoms with Crippen LogP contribution in [-0.2, 0) is 0 Å². The molecule has 0 bridgehead atoms. The van der Waals surface area contributed by atoms with Crippen LogP contribution in [0.5, 0.6) is 0 Å². The summed E-state index contributed by atoms with van der Waals surface area (Å²) in [7, 11) is 0. The lowest BCUT2D eigenvalue weighted by molar-refractivity contribution is -0.00551. The number of allylic oxidation sites excluding steroid dienone is 4. The lowest BCUT2D eigenvalue weighted by atomic mass is 10.1. The SMILES string of the molecule is N#CC1=CC=CC(=[N+]=[N-])C1. The summed E-state index contributed by atoms with van der Waals surface area (Å²) in [6.07, 6.45) is 5.50. The monoisotopic (exact) mass is 131 g/mol. The molecule has 0 heterocycles. The van der Waals surface area contributed by atoms with Gasteiger partial charge in [0.05, 0.1) is 12.5 Å². The molecule has 0 saturated heterocycles. The van der Waals surface area contributed by atoms with E-state index in [1.807, 2.05) is 6.07 Å². The van der Waals surface area contributed by atoms with Gasteiger partial charge in [0, 0.05) is 11.6 Å². The van der Waals surface area contributed by atoms with Crippen molar-refractivity contribution >= 4 is 5.71 Å². The third-order valence-electron chi connectivity index (χ3n) is 1.23. The fraction of sp³-hybridized carbons (Fsp3) is 0.143. The van der Waals surface area contributed by atoms with Crippen LogP contribution in [0.15, 0.2) is 23.8 Å². The van der Waals surface area contributed by atoms with Gasteiger partial charge in [-0.25, -0.2) is 0 Å². The summed E-state index contributed by atoms with van der Waals surface area (Å²) >= 11 is 0. The van der Waals surface area contributed by atoms with Crippen molar-refractivity contribution in [2.45, 2.75) is 6.42 Å². The molecule has 0 amide bonds. The summed E-state index contributed by atoms with van der Waals surface area (Å²) in [5, 5.41) is 8.42. The van der Waals surface area contributed by atoms with Crippen LogP contribution < -0.4 is 0 Å². The minimum Gasteiger partial charge on any atom is -0.361 e. The first kappa shape index (κ1) is 6.47. The van der Waals surface area contributed by atoms with Gasteiger partial charge in [0.15, 0.2) is 0 Å². The molecule has 10 heavy (non-hydrogen) atoms. The highest BCUT2D eigenvalue weighted by atomic mass is 14.8. The molecule has 0 atom stereocenters. The Balaban J connectivity index is 2.90. The summed E-state index contributed by atoms with van der Waals surface area (Å²) in [5.74, 6) is 0. The Kier molecular flexibility index (Phi) is 1.79. The first-order valence-corrected chi connectivity index (χ1v) is 2.85. The average molecular weight is 131 g/mol. The average Bonchev–Trinajstić information content (AvgIpc) is 2.05. The van der Waals surface area contributed by atoms with E-state index in [1.54, 1.807) is 18.2 Å². The van der Waals surface area contributed by atoms with Gasteiger partial charge >= 0.3 is 0 Å². The van der Waals surface area contributed by atoms with Crippen molar-refractivity contribution in [3.8, 4) is 6.07 Å². The lowest BCUT2D eigenvalue weighted by Gasteiger charge is -1.92. The molecule has 0 saturated carbocycles. The molecule has 0 aliphatic heterocycles. The highest BCUT2D eigenvalue weighted by Crippen LogP contribution is 2.06. The molecule has 3 nitrogen and oxygen atoms in total. The van der Waals surface area contributed by atoms with E-state index < -0.39 is 0 Å². The van der Waals surface area contributed by atoms with Crippen LogP contribution >= 0.6 is 0 Å². The fourth-order valence-corrected chi connectivity index (χ4v) is 0.734. The molecule has 0 spiro atoms. The van der Waals surface area contributed by atoms with Crippen molar-refractivity contribution in [2.75, 3.05) is 0 Å². The Bertz CT molecular complexity index is 284. The molecular weight excluding hydrogens is 126 g/mol.